The summed E-state index contributed by atoms with van der Waals surface area (Å²) in [6.45, 7) is 5.33. The zero-order chi connectivity index (χ0) is 25.3. The molecular formula is C26H30ClN3O5. The lowest BCUT2D eigenvalue weighted by Gasteiger charge is -2.35. The lowest BCUT2D eigenvalue weighted by atomic mass is 9.92. The van der Waals surface area contributed by atoms with Crippen LogP contribution in [0.1, 0.15) is 25.8 Å². The van der Waals surface area contributed by atoms with E-state index >= 15 is 0 Å². The number of piperidine rings is 1. The fourth-order valence-corrected chi connectivity index (χ4v) is 5.13. The summed E-state index contributed by atoms with van der Waals surface area (Å²) < 4.78 is 13.3. The minimum Gasteiger partial charge on any atom is -0.493 e. The van der Waals surface area contributed by atoms with Crippen LogP contribution in [0.3, 0.4) is 0 Å². The van der Waals surface area contributed by atoms with Crippen LogP contribution in [-0.4, -0.2) is 47.3 Å². The van der Waals surface area contributed by atoms with E-state index in [1.54, 1.807) is 41.3 Å². The highest BCUT2D eigenvalue weighted by Crippen LogP contribution is 2.31. The number of aromatic nitrogens is 2. The minimum atomic E-state index is -0.582. The van der Waals surface area contributed by atoms with Gasteiger partial charge in [0.15, 0.2) is 11.5 Å². The summed E-state index contributed by atoms with van der Waals surface area (Å²) in [7, 11) is 2.95. The number of likely N-dealkylation sites (tertiary alicyclic amines) is 1. The number of nitrogens with zero attached hydrogens (tertiary/aromatic N) is 3. The second-order valence-corrected chi connectivity index (χ2v) is 9.73. The van der Waals surface area contributed by atoms with Gasteiger partial charge in [-0.3, -0.25) is 18.7 Å². The highest BCUT2D eigenvalue weighted by atomic mass is 35.5. The van der Waals surface area contributed by atoms with Crippen molar-refractivity contribution in [3.8, 4) is 11.5 Å². The fraction of sp³-hybridized carbons (Fsp3) is 0.423. The number of hydrogen-bond acceptors (Lipinski definition) is 5. The molecule has 1 aromatic heterocycles. The molecular weight excluding hydrogens is 470 g/mol. The zero-order valence-electron chi connectivity index (χ0n) is 20.4. The van der Waals surface area contributed by atoms with Gasteiger partial charge in [-0.25, -0.2) is 4.79 Å². The summed E-state index contributed by atoms with van der Waals surface area (Å²) in [5, 5.41) is 0.701. The number of amides is 1. The molecule has 0 unspecified atom stereocenters. The SMILES string of the molecule is COc1cc2c(=O)n(Cc3ccccc3Cl)c(=O)n(CC(=O)N3C[C@H](C)C[C@@H](C)C3)c2cc1OC. The van der Waals surface area contributed by atoms with Crippen LogP contribution in [0.4, 0.5) is 0 Å². The van der Waals surface area contributed by atoms with Gasteiger partial charge in [-0.2, -0.15) is 0 Å². The van der Waals surface area contributed by atoms with E-state index in [2.05, 4.69) is 13.8 Å². The highest BCUT2D eigenvalue weighted by Gasteiger charge is 2.27. The van der Waals surface area contributed by atoms with Gasteiger partial charge < -0.3 is 14.4 Å². The third-order valence-corrected chi connectivity index (χ3v) is 6.90. The second-order valence-electron chi connectivity index (χ2n) is 9.32. The molecule has 3 aromatic rings. The lowest BCUT2D eigenvalue weighted by Crippen LogP contribution is -2.47. The standard InChI is InChI=1S/C26H30ClN3O5/c1-16-9-17(2)13-28(12-16)24(31)15-29-21-11-23(35-4)22(34-3)10-19(21)25(32)30(26(29)33)14-18-7-5-6-8-20(18)27/h5-8,10-11,16-17H,9,12-15H2,1-4H3/t16-,17-/m1/s1. The average Bonchev–Trinajstić information content (AvgIpc) is 2.83. The van der Waals surface area contributed by atoms with E-state index in [1.807, 2.05) is 0 Å². The minimum absolute atomic E-state index is 0.0202. The number of benzene rings is 2. The summed E-state index contributed by atoms with van der Waals surface area (Å²) in [5.41, 5.74) is -0.125. The highest BCUT2D eigenvalue weighted by molar-refractivity contribution is 6.31. The van der Waals surface area contributed by atoms with E-state index < -0.39 is 11.2 Å². The predicted octanol–water partition coefficient (Wildman–Crippen LogP) is 3.39. The van der Waals surface area contributed by atoms with E-state index in [0.717, 1.165) is 11.0 Å². The molecule has 9 heteroatoms. The Balaban J connectivity index is 1.88. The molecule has 0 saturated carbocycles. The Bertz CT molecular complexity index is 1370. The molecule has 2 heterocycles. The van der Waals surface area contributed by atoms with Crippen LogP contribution >= 0.6 is 11.6 Å². The Morgan fingerprint density at radius 3 is 2.26 bits per heavy atom. The molecule has 0 bridgehead atoms. The van der Waals surface area contributed by atoms with E-state index in [9.17, 15) is 14.4 Å². The first-order chi connectivity index (χ1) is 16.7. The molecule has 0 spiro atoms. The van der Waals surface area contributed by atoms with Gasteiger partial charge in [0.2, 0.25) is 5.91 Å². The Labute approximate surface area is 208 Å². The Morgan fingerprint density at radius 1 is 1.00 bits per heavy atom. The van der Waals surface area contributed by atoms with Gasteiger partial charge in [-0.05, 0) is 36.0 Å². The van der Waals surface area contributed by atoms with Crippen molar-refractivity contribution in [2.75, 3.05) is 27.3 Å². The maximum atomic E-state index is 13.7. The first-order valence-electron chi connectivity index (χ1n) is 11.6. The first kappa shape index (κ1) is 24.9. The molecule has 186 valence electrons. The molecule has 2 atom stereocenters. The van der Waals surface area contributed by atoms with Crippen LogP contribution < -0.4 is 20.7 Å². The normalized spacial score (nSPS) is 18.0. The summed E-state index contributed by atoms with van der Waals surface area (Å²) in [6, 6.07) is 10.2. The smallest absolute Gasteiger partial charge is 0.332 e. The van der Waals surface area contributed by atoms with Crippen molar-refractivity contribution in [1.82, 2.24) is 14.0 Å². The van der Waals surface area contributed by atoms with Crippen LogP contribution in [0.25, 0.3) is 10.9 Å². The van der Waals surface area contributed by atoms with Gasteiger partial charge in [-0.1, -0.05) is 43.6 Å². The van der Waals surface area contributed by atoms with Crippen LogP contribution in [-0.2, 0) is 17.9 Å². The van der Waals surface area contributed by atoms with E-state index in [4.69, 9.17) is 21.1 Å². The van der Waals surface area contributed by atoms with E-state index in [0.29, 0.717) is 52.5 Å². The monoisotopic (exact) mass is 499 g/mol. The number of carbonyl (C=O) groups is 1. The molecule has 0 N–H and O–H groups in total. The Morgan fingerprint density at radius 2 is 1.63 bits per heavy atom. The predicted molar refractivity (Wildman–Crippen MR) is 136 cm³/mol. The van der Waals surface area contributed by atoms with Crippen molar-refractivity contribution in [3.63, 3.8) is 0 Å². The number of fused-ring (bicyclic) bond motifs is 1. The molecule has 1 aliphatic rings. The third-order valence-electron chi connectivity index (χ3n) is 6.53. The molecule has 0 aliphatic carbocycles. The number of ether oxygens (including phenoxy) is 2. The maximum Gasteiger partial charge on any atom is 0.332 e. The van der Waals surface area contributed by atoms with Gasteiger partial charge in [-0.15, -0.1) is 0 Å². The second kappa shape index (κ2) is 10.2. The molecule has 1 aliphatic heterocycles. The third kappa shape index (κ3) is 4.93. The molecule has 4 rings (SSSR count). The van der Waals surface area contributed by atoms with Crippen molar-refractivity contribution < 1.29 is 14.3 Å². The molecule has 1 saturated heterocycles. The number of carbonyl (C=O) groups excluding carboxylic acids is 1. The molecule has 8 nitrogen and oxygen atoms in total. The first-order valence-corrected chi connectivity index (χ1v) is 12.0. The largest absolute Gasteiger partial charge is 0.493 e. The van der Waals surface area contributed by atoms with Crippen LogP contribution in [0.15, 0.2) is 46.0 Å². The van der Waals surface area contributed by atoms with Gasteiger partial charge in [0.05, 0.1) is 31.7 Å². The summed E-state index contributed by atoms with van der Waals surface area (Å²) in [5.74, 6) is 1.33. The van der Waals surface area contributed by atoms with Crippen LogP contribution in [0.5, 0.6) is 11.5 Å². The molecule has 2 aromatic carbocycles. The maximum absolute atomic E-state index is 13.7. The topological polar surface area (TPSA) is 82.8 Å². The number of hydrogen-bond donors (Lipinski definition) is 0. The number of rotatable bonds is 6. The average molecular weight is 500 g/mol. The molecule has 1 fully saturated rings. The van der Waals surface area contributed by atoms with Gasteiger partial charge in [0.1, 0.15) is 6.54 Å². The van der Waals surface area contributed by atoms with Crippen molar-refractivity contribution in [3.05, 3.63) is 67.8 Å². The Kier molecular flexibility index (Phi) is 7.21. The van der Waals surface area contributed by atoms with E-state index in [-0.39, 0.29) is 24.4 Å². The van der Waals surface area contributed by atoms with Gasteiger partial charge in [0.25, 0.3) is 5.56 Å². The zero-order valence-corrected chi connectivity index (χ0v) is 21.2. The molecule has 0 radical (unpaired) electrons. The summed E-state index contributed by atoms with van der Waals surface area (Å²) in [4.78, 5) is 42.3. The fourth-order valence-electron chi connectivity index (χ4n) is 4.93. The van der Waals surface area contributed by atoms with Crippen LogP contribution in [0.2, 0.25) is 5.02 Å². The molecule has 35 heavy (non-hydrogen) atoms. The lowest BCUT2D eigenvalue weighted by molar-refractivity contribution is -0.134. The molecule has 1 amide bonds. The number of halogens is 1. The summed E-state index contributed by atoms with van der Waals surface area (Å²) in [6.07, 6.45) is 1.06. The summed E-state index contributed by atoms with van der Waals surface area (Å²) >= 11 is 6.32. The van der Waals surface area contributed by atoms with Crippen LogP contribution in [0, 0.1) is 11.8 Å². The number of methoxy groups -OCH3 is 2. The Hall–Kier alpha value is -3.26. The van der Waals surface area contributed by atoms with E-state index in [1.165, 1.54) is 18.8 Å². The quantitative estimate of drug-likeness (QED) is 0.519. The van der Waals surface area contributed by atoms with Crippen molar-refractivity contribution in [2.24, 2.45) is 11.8 Å². The van der Waals surface area contributed by atoms with Crippen molar-refractivity contribution in [1.29, 1.82) is 0 Å². The van der Waals surface area contributed by atoms with Crippen molar-refractivity contribution in [2.45, 2.75) is 33.4 Å². The van der Waals surface area contributed by atoms with Gasteiger partial charge >= 0.3 is 5.69 Å². The van der Waals surface area contributed by atoms with Gasteiger partial charge in [0, 0.05) is 24.2 Å². The van der Waals surface area contributed by atoms with Crippen molar-refractivity contribution >= 4 is 28.4 Å².